The van der Waals surface area contributed by atoms with Crippen molar-refractivity contribution in [1.29, 1.82) is 0 Å². The quantitative estimate of drug-likeness (QED) is 0.402. The van der Waals surface area contributed by atoms with Crippen molar-refractivity contribution >= 4 is 5.97 Å². The molecule has 1 rings (SSSR count). The Labute approximate surface area is 97.0 Å². The van der Waals surface area contributed by atoms with Gasteiger partial charge in [-0.1, -0.05) is 6.58 Å². The Hall–Kier alpha value is -0.870. The molecule has 0 aromatic carbocycles. The van der Waals surface area contributed by atoms with Gasteiger partial charge in [0.05, 0.1) is 6.61 Å². The molecule has 0 spiro atoms. The van der Waals surface area contributed by atoms with Crippen molar-refractivity contribution in [1.82, 2.24) is 5.32 Å². The lowest BCUT2D eigenvalue weighted by molar-refractivity contribution is -0.138. The summed E-state index contributed by atoms with van der Waals surface area (Å²) in [4.78, 5) is 11.2. The smallest absolute Gasteiger partial charge is 0.334 e. The van der Waals surface area contributed by atoms with Gasteiger partial charge in [0.1, 0.15) is 0 Å². The molecule has 0 bridgehead atoms. The molecule has 1 aliphatic rings. The van der Waals surface area contributed by atoms with Crippen LogP contribution in [-0.4, -0.2) is 38.9 Å². The highest BCUT2D eigenvalue weighted by atomic mass is 16.5. The van der Waals surface area contributed by atoms with Crippen LogP contribution < -0.4 is 5.32 Å². The van der Waals surface area contributed by atoms with E-state index in [2.05, 4.69) is 11.9 Å². The highest BCUT2D eigenvalue weighted by Gasteiger charge is 2.14. The first-order valence-electron chi connectivity index (χ1n) is 5.87. The van der Waals surface area contributed by atoms with E-state index in [0.717, 1.165) is 32.6 Å². The van der Waals surface area contributed by atoms with Crippen LogP contribution in [0.3, 0.4) is 0 Å². The average Bonchev–Trinajstić information content (AvgIpc) is 2.77. The Morgan fingerprint density at radius 1 is 1.62 bits per heavy atom. The zero-order valence-electron chi connectivity index (χ0n) is 9.96. The summed E-state index contributed by atoms with van der Waals surface area (Å²) in [5.74, 6) is 0.363. The maximum Gasteiger partial charge on any atom is 0.334 e. The zero-order valence-corrected chi connectivity index (χ0v) is 9.96. The molecule has 0 radical (unpaired) electrons. The molecule has 4 nitrogen and oxygen atoms in total. The van der Waals surface area contributed by atoms with E-state index >= 15 is 0 Å². The molecule has 0 aliphatic carbocycles. The van der Waals surface area contributed by atoms with Crippen LogP contribution in [-0.2, 0) is 14.3 Å². The van der Waals surface area contributed by atoms with E-state index in [1.807, 2.05) is 0 Å². The second-order valence-electron chi connectivity index (χ2n) is 4.02. The number of nitrogens with one attached hydrogen (secondary N) is 1. The maximum absolute atomic E-state index is 11.2. The predicted molar refractivity (Wildman–Crippen MR) is 62.2 cm³/mol. The van der Waals surface area contributed by atoms with Crippen molar-refractivity contribution in [2.24, 2.45) is 5.92 Å². The third-order valence-corrected chi connectivity index (χ3v) is 2.66. The van der Waals surface area contributed by atoms with Gasteiger partial charge in [-0.05, 0) is 32.2 Å². The summed E-state index contributed by atoms with van der Waals surface area (Å²) in [6.45, 7) is 9.04. The molecule has 1 unspecified atom stereocenters. The standard InChI is InChI=1S/C12H21NO3/c1-3-16-12(14)10(2)8-13-6-4-11-5-7-15-9-11/h11,13H,2-9H2,1H3. The number of hydrogen-bond donors (Lipinski definition) is 1. The van der Waals surface area contributed by atoms with Crippen molar-refractivity contribution in [3.05, 3.63) is 12.2 Å². The number of rotatable bonds is 7. The van der Waals surface area contributed by atoms with Gasteiger partial charge < -0.3 is 14.8 Å². The van der Waals surface area contributed by atoms with E-state index in [1.165, 1.54) is 0 Å². The van der Waals surface area contributed by atoms with E-state index in [9.17, 15) is 4.79 Å². The molecule has 0 aromatic heterocycles. The highest BCUT2D eigenvalue weighted by molar-refractivity contribution is 5.88. The summed E-state index contributed by atoms with van der Waals surface area (Å²) in [5.41, 5.74) is 0.490. The molecule has 1 N–H and O–H groups in total. The largest absolute Gasteiger partial charge is 0.463 e. The predicted octanol–water partition coefficient (Wildman–Crippen LogP) is 1.12. The number of esters is 1. The van der Waals surface area contributed by atoms with E-state index in [1.54, 1.807) is 6.92 Å². The molecule has 1 aliphatic heterocycles. The van der Waals surface area contributed by atoms with Gasteiger partial charge in [-0.15, -0.1) is 0 Å². The molecule has 1 atom stereocenters. The topological polar surface area (TPSA) is 47.6 Å². The number of hydrogen-bond acceptors (Lipinski definition) is 4. The van der Waals surface area contributed by atoms with E-state index in [4.69, 9.17) is 9.47 Å². The third kappa shape index (κ3) is 4.77. The van der Waals surface area contributed by atoms with Gasteiger partial charge in [-0.2, -0.15) is 0 Å². The van der Waals surface area contributed by atoms with Crippen LogP contribution in [0.15, 0.2) is 12.2 Å². The normalized spacial score (nSPS) is 19.7. The molecule has 0 aromatic rings. The van der Waals surface area contributed by atoms with Crippen LogP contribution in [0, 0.1) is 5.92 Å². The maximum atomic E-state index is 11.2. The average molecular weight is 227 g/mol. The lowest BCUT2D eigenvalue weighted by Crippen LogP contribution is -2.24. The van der Waals surface area contributed by atoms with E-state index in [-0.39, 0.29) is 5.97 Å². The van der Waals surface area contributed by atoms with Crippen LogP contribution in [0.4, 0.5) is 0 Å². The zero-order chi connectivity index (χ0) is 11.8. The number of carbonyl (C=O) groups excluding carboxylic acids is 1. The summed E-state index contributed by atoms with van der Waals surface area (Å²) in [5, 5.41) is 3.20. The molecule has 92 valence electrons. The van der Waals surface area contributed by atoms with Gasteiger partial charge in [-0.25, -0.2) is 4.79 Å². The fourth-order valence-electron chi connectivity index (χ4n) is 1.66. The van der Waals surface area contributed by atoms with Crippen LogP contribution in [0.25, 0.3) is 0 Å². The van der Waals surface area contributed by atoms with Crippen molar-refractivity contribution in [2.75, 3.05) is 32.9 Å². The first kappa shape index (κ1) is 13.2. The molecular weight excluding hydrogens is 206 g/mol. The van der Waals surface area contributed by atoms with Gasteiger partial charge in [0, 0.05) is 25.3 Å². The number of ether oxygens (including phenoxy) is 2. The molecule has 1 fully saturated rings. The van der Waals surface area contributed by atoms with Crippen molar-refractivity contribution in [3.63, 3.8) is 0 Å². The molecule has 1 heterocycles. The third-order valence-electron chi connectivity index (χ3n) is 2.66. The van der Waals surface area contributed by atoms with E-state index in [0.29, 0.717) is 24.6 Å². The summed E-state index contributed by atoms with van der Waals surface area (Å²) < 4.78 is 10.1. The first-order chi connectivity index (χ1) is 7.74. The fraction of sp³-hybridized carbons (Fsp3) is 0.750. The first-order valence-corrected chi connectivity index (χ1v) is 5.87. The summed E-state index contributed by atoms with van der Waals surface area (Å²) in [6, 6.07) is 0. The Morgan fingerprint density at radius 3 is 3.06 bits per heavy atom. The highest BCUT2D eigenvalue weighted by Crippen LogP contribution is 2.15. The van der Waals surface area contributed by atoms with Gasteiger partial charge in [0.15, 0.2) is 0 Å². The minimum atomic E-state index is -0.306. The van der Waals surface area contributed by atoms with Gasteiger partial charge in [0.25, 0.3) is 0 Å². The van der Waals surface area contributed by atoms with Crippen molar-refractivity contribution in [2.45, 2.75) is 19.8 Å². The van der Waals surface area contributed by atoms with Crippen LogP contribution in [0.2, 0.25) is 0 Å². The monoisotopic (exact) mass is 227 g/mol. The number of carbonyl (C=O) groups is 1. The Morgan fingerprint density at radius 2 is 2.44 bits per heavy atom. The minimum Gasteiger partial charge on any atom is -0.463 e. The second kappa shape index (κ2) is 7.41. The molecule has 0 saturated carbocycles. The molecule has 4 heteroatoms. The molecule has 16 heavy (non-hydrogen) atoms. The molecule has 0 amide bonds. The summed E-state index contributed by atoms with van der Waals surface area (Å²) in [7, 11) is 0. The Kier molecular flexibility index (Phi) is 6.11. The van der Waals surface area contributed by atoms with Gasteiger partial charge in [-0.3, -0.25) is 0 Å². The lowest BCUT2D eigenvalue weighted by Gasteiger charge is -2.09. The van der Waals surface area contributed by atoms with Crippen molar-refractivity contribution < 1.29 is 14.3 Å². The Bertz CT molecular complexity index is 234. The molecule has 1 saturated heterocycles. The fourth-order valence-corrected chi connectivity index (χ4v) is 1.66. The molecular formula is C12H21NO3. The van der Waals surface area contributed by atoms with Crippen LogP contribution >= 0.6 is 0 Å². The van der Waals surface area contributed by atoms with Gasteiger partial charge in [0.2, 0.25) is 0 Å². The van der Waals surface area contributed by atoms with Crippen LogP contribution in [0.1, 0.15) is 19.8 Å². The van der Waals surface area contributed by atoms with Crippen molar-refractivity contribution in [3.8, 4) is 0 Å². The summed E-state index contributed by atoms with van der Waals surface area (Å²) in [6.07, 6.45) is 2.25. The minimum absolute atomic E-state index is 0.306. The lowest BCUT2D eigenvalue weighted by atomic mass is 10.1. The van der Waals surface area contributed by atoms with E-state index < -0.39 is 0 Å². The van der Waals surface area contributed by atoms with Crippen LogP contribution in [0.5, 0.6) is 0 Å². The van der Waals surface area contributed by atoms with Gasteiger partial charge >= 0.3 is 5.97 Å². The second-order valence-corrected chi connectivity index (χ2v) is 4.02. The Balaban J connectivity index is 2.01. The summed E-state index contributed by atoms with van der Waals surface area (Å²) >= 11 is 0. The SMILES string of the molecule is C=C(CNCCC1CCOC1)C(=O)OCC.